The third kappa shape index (κ3) is 7.51. The lowest BCUT2D eigenvalue weighted by Crippen LogP contribution is -2.11. The molecule has 0 saturated carbocycles. The van der Waals surface area contributed by atoms with E-state index in [1.807, 2.05) is 24.5 Å². The molecule has 3 aromatic heterocycles. The Bertz CT molecular complexity index is 2300. The summed E-state index contributed by atoms with van der Waals surface area (Å²) in [7, 11) is 0. The average Bonchev–Trinajstić information content (AvgIpc) is 3.15. The van der Waals surface area contributed by atoms with Gasteiger partial charge in [-0.05, 0) is 98.8 Å². The van der Waals surface area contributed by atoms with Gasteiger partial charge >= 0.3 is 0 Å². The molecule has 0 amide bonds. The smallest absolute Gasteiger partial charge is 0.139 e. The van der Waals surface area contributed by atoms with E-state index < -0.39 is 0 Å². The predicted molar refractivity (Wildman–Crippen MR) is 214 cm³/mol. The van der Waals surface area contributed by atoms with E-state index in [0.717, 1.165) is 67.5 Å². The molecule has 0 atom stereocenters. The highest BCUT2D eigenvalue weighted by atomic mass is 15.0. The Hall–Kier alpha value is -5.87. The molecule has 252 valence electrons. The van der Waals surface area contributed by atoms with Gasteiger partial charge in [-0.2, -0.15) is 0 Å². The fraction of sp³-hybridized carbons (Fsp3) is 0.170. The van der Waals surface area contributed by atoms with Crippen molar-refractivity contribution in [2.45, 2.75) is 52.4 Å². The van der Waals surface area contributed by atoms with E-state index in [4.69, 9.17) is 15.0 Å². The Morgan fingerprint density at radius 2 is 1.04 bits per heavy atom. The number of pyridine rings is 3. The number of aromatic nitrogens is 3. The van der Waals surface area contributed by atoms with Crippen LogP contribution in [-0.2, 0) is 10.8 Å². The second-order valence-electron chi connectivity index (χ2n) is 15.2. The van der Waals surface area contributed by atoms with Gasteiger partial charge in [0.15, 0.2) is 0 Å². The molecule has 4 nitrogen and oxygen atoms in total. The van der Waals surface area contributed by atoms with E-state index in [0.29, 0.717) is 0 Å². The van der Waals surface area contributed by atoms with Crippen molar-refractivity contribution in [2.24, 2.45) is 0 Å². The maximum atomic E-state index is 5.30. The summed E-state index contributed by atoms with van der Waals surface area (Å²) in [5, 5.41) is 3.73. The molecule has 4 heteroatoms. The molecule has 0 aliphatic rings. The zero-order chi connectivity index (χ0) is 35.6. The molecule has 0 radical (unpaired) electrons. The van der Waals surface area contributed by atoms with E-state index in [9.17, 15) is 0 Å². The van der Waals surface area contributed by atoms with Crippen LogP contribution < -0.4 is 5.32 Å². The van der Waals surface area contributed by atoms with Crippen LogP contribution in [0.2, 0.25) is 0 Å². The minimum absolute atomic E-state index is 0.0199. The SMILES string of the molecule is CC(C)(C)c1cccc(-c2cc(-c3ccccc3)cc(-c3cccnc3Nc3ccc(C(C)(C)C)cc3-c3cc(-c4ccccc4)ccn3)n2)c1. The van der Waals surface area contributed by atoms with E-state index in [1.165, 1.54) is 11.1 Å². The van der Waals surface area contributed by atoms with E-state index >= 15 is 0 Å². The molecule has 0 saturated heterocycles. The van der Waals surface area contributed by atoms with Crippen molar-refractivity contribution in [1.29, 1.82) is 0 Å². The molecular formula is C47H44N4. The molecule has 7 aromatic rings. The van der Waals surface area contributed by atoms with Gasteiger partial charge < -0.3 is 5.32 Å². The van der Waals surface area contributed by atoms with Crippen molar-refractivity contribution in [2.75, 3.05) is 5.32 Å². The molecule has 0 unspecified atom stereocenters. The third-order valence-corrected chi connectivity index (χ3v) is 9.32. The first-order valence-electron chi connectivity index (χ1n) is 17.6. The van der Waals surface area contributed by atoms with E-state index in [-0.39, 0.29) is 10.8 Å². The molecule has 0 fully saturated rings. The summed E-state index contributed by atoms with van der Waals surface area (Å²) in [6.07, 6.45) is 3.73. The summed E-state index contributed by atoms with van der Waals surface area (Å²) in [5.74, 6) is 0.730. The molecule has 4 aromatic carbocycles. The van der Waals surface area contributed by atoms with Crippen molar-refractivity contribution < 1.29 is 0 Å². The van der Waals surface area contributed by atoms with Gasteiger partial charge in [-0.15, -0.1) is 0 Å². The summed E-state index contributed by atoms with van der Waals surface area (Å²) >= 11 is 0. The largest absolute Gasteiger partial charge is 0.339 e. The van der Waals surface area contributed by atoms with Crippen LogP contribution in [0.3, 0.4) is 0 Å². The van der Waals surface area contributed by atoms with E-state index in [1.54, 1.807) is 0 Å². The van der Waals surface area contributed by atoms with Crippen LogP contribution in [0.25, 0.3) is 56.0 Å². The van der Waals surface area contributed by atoms with Gasteiger partial charge in [-0.3, -0.25) is 4.98 Å². The van der Waals surface area contributed by atoms with Gasteiger partial charge in [0.1, 0.15) is 5.82 Å². The summed E-state index contributed by atoms with van der Waals surface area (Å²) < 4.78 is 0. The van der Waals surface area contributed by atoms with Gasteiger partial charge in [-0.25, -0.2) is 9.97 Å². The lowest BCUT2D eigenvalue weighted by Gasteiger charge is -2.22. The van der Waals surface area contributed by atoms with Crippen molar-refractivity contribution >= 4 is 11.5 Å². The summed E-state index contributed by atoms with van der Waals surface area (Å²) in [6, 6.07) is 49.0. The van der Waals surface area contributed by atoms with E-state index in [2.05, 4.69) is 174 Å². The second-order valence-corrected chi connectivity index (χ2v) is 15.2. The average molecular weight is 665 g/mol. The molecule has 0 spiro atoms. The normalized spacial score (nSPS) is 11.7. The minimum Gasteiger partial charge on any atom is -0.339 e. The fourth-order valence-electron chi connectivity index (χ4n) is 6.32. The van der Waals surface area contributed by atoms with Crippen LogP contribution in [0.1, 0.15) is 52.7 Å². The lowest BCUT2D eigenvalue weighted by atomic mass is 9.85. The predicted octanol–water partition coefficient (Wildman–Crippen LogP) is 12.5. The number of hydrogen-bond acceptors (Lipinski definition) is 4. The Kier molecular flexibility index (Phi) is 9.10. The van der Waals surface area contributed by atoms with Gasteiger partial charge in [0, 0.05) is 34.8 Å². The number of hydrogen-bond donors (Lipinski definition) is 1. The zero-order valence-electron chi connectivity index (χ0n) is 30.3. The first kappa shape index (κ1) is 33.6. The first-order valence-corrected chi connectivity index (χ1v) is 17.6. The highest BCUT2D eigenvalue weighted by Crippen LogP contribution is 2.39. The molecule has 7 rings (SSSR count). The standard InChI is InChI=1S/C47H44N4/c1-46(2,3)37-20-13-19-35(27-37)42-29-36(33-17-11-8-12-18-33)30-44(50-42)39-21-14-25-49-45(39)51-41-23-22-38(47(4,5)6)31-40(41)43-28-34(24-26-48-43)32-15-9-7-10-16-32/h7-31H,1-6H3,(H,49,51). The minimum atomic E-state index is -0.0387. The van der Waals surface area contributed by atoms with Gasteiger partial charge in [0.2, 0.25) is 0 Å². The van der Waals surface area contributed by atoms with Gasteiger partial charge in [0.05, 0.1) is 17.1 Å². The highest BCUT2D eigenvalue weighted by molar-refractivity contribution is 5.86. The summed E-state index contributed by atoms with van der Waals surface area (Å²) in [6.45, 7) is 13.5. The quantitative estimate of drug-likeness (QED) is 0.184. The zero-order valence-corrected chi connectivity index (χ0v) is 30.3. The third-order valence-electron chi connectivity index (χ3n) is 9.32. The summed E-state index contributed by atoms with van der Waals surface area (Å²) in [4.78, 5) is 15.1. The number of nitrogens with one attached hydrogen (secondary N) is 1. The monoisotopic (exact) mass is 664 g/mol. The topological polar surface area (TPSA) is 50.7 Å². The molecule has 51 heavy (non-hydrogen) atoms. The molecule has 3 heterocycles. The van der Waals surface area contributed by atoms with Crippen LogP contribution >= 0.6 is 0 Å². The van der Waals surface area contributed by atoms with Crippen LogP contribution in [0.4, 0.5) is 11.5 Å². The lowest BCUT2D eigenvalue weighted by molar-refractivity contribution is 0.590. The van der Waals surface area contributed by atoms with Crippen LogP contribution in [0.5, 0.6) is 0 Å². The Morgan fingerprint density at radius 3 is 1.75 bits per heavy atom. The number of rotatable bonds is 7. The highest BCUT2D eigenvalue weighted by Gasteiger charge is 2.20. The number of anilines is 2. The maximum absolute atomic E-state index is 5.30. The van der Waals surface area contributed by atoms with Crippen LogP contribution in [0.15, 0.2) is 152 Å². The Balaban J connectivity index is 1.36. The van der Waals surface area contributed by atoms with Gasteiger partial charge in [0.25, 0.3) is 0 Å². The maximum Gasteiger partial charge on any atom is 0.139 e. The van der Waals surface area contributed by atoms with Gasteiger partial charge in [-0.1, -0.05) is 126 Å². The molecule has 0 aliphatic heterocycles. The first-order chi connectivity index (χ1) is 24.5. The molecule has 0 aliphatic carbocycles. The molecule has 1 N–H and O–H groups in total. The molecule has 0 bridgehead atoms. The molecular weight excluding hydrogens is 621 g/mol. The van der Waals surface area contributed by atoms with Crippen molar-refractivity contribution in [3.8, 4) is 56.0 Å². The second kappa shape index (κ2) is 13.8. The fourth-order valence-corrected chi connectivity index (χ4v) is 6.32. The Labute approximate surface area is 302 Å². The van der Waals surface area contributed by atoms with Crippen LogP contribution in [-0.4, -0.2) is 15.0 Å². The Morgan fingerprint density at radius 1 is 0.412 bits per heavy atom. The number of nitrogens with zero attached hydrogens (tertiary/aromatic N) is 3. The summed E-state index contributed by atoms with van der Waals surface area (Å²) in [5.41, 5.74) is 13.6. The van der Waals surface area contributed by atoms with Crippen molar-refractivity contribution in [1.82, 2.24) is 15.0 Å². The number of benzene rings is 4. The van der Waals surface area contributed by atoms with Crippen molar-refractivity contribution in [3.63, 3.8) is 0 Å². The van der Waals surface area contributed by atoms with Crippen molar-refractivity contribution in [3.05, 3.63) is 163 Å². The van der Waals surface area contributed by atoms with Crippen LogP contribution in [0, 0.1) is 0 Å².